The summed E-state index contributed by atoms with van der Waals surface area (Å²) < 4.78 is 5.61. The van der Waals surface area contributed by atoms with Gasteiger partial charge >= 0.3 is 0 Å². The van der Waals surface area contributed by atoms with Crippen LogP contribution in [0.4, 0.5) is 0 Å². The van der Waals surface area contributed by atoms with E-state index in [1.165, 1.54) is 64.6 Å². The van der Waals surface area contributed by atoms with Gasteiger partial charge in [-0.1, -0.05) is 19.8 Å². The largest absolute Gasteiger partial charge is 0.381 e. The minimum Gasteiger partial charge on any atom is -0.381 e. The van der Waals surface area contributed by atoms with Gasteiger partial charge in [-0.25, -0.2) is 0 Å². The Hall–Kier alpha value is -0.120. The lowest BCUT2D eigenvalue weighted by Crippen LogP contribution is -2.44. The third kappa shape index (κ3) is 5.34. The molecule has 3 heteroatoms. The molecule has 1 N–H and O–H groups in total. The molecule has 1 heterocycles. The lowest BCUT2D eigenvalue weighted by atomic mass is 9.84. The second kappa shape index (κ2) is 9.01. The zero-order valence-electron chi connectivity index (χ0n) is 13.6. The molecule has 0 radical (unpaired) electrons. The fraction of sp³-hybridized carbons (Fsp3) is 1.00. The van der Waals surface area contributed by atoms with Crippen molar-refractivity contribution in [3.8, 4) is 0 Å². The standard InChI is InChI=1S/C17H34N2O/c1-3-10-18-17-9-5-4-8-16(17)13-19(2)12-15-7-6-11-20-14-15/h15-18H,3-14H2,1-2H3. The maximum absolute atomic E-state index is 5.61. The summed E-state index contributed by atoms with van der Waals surface area (Å²) in [5.74, 6) is 1.62. The van der Waals surface area contributed by atoms with Crippen molar-refractivity contribution in [2.45, 2.75) is 57.9 Å². The van der Waals surface area contributed by atoms with Crippen LogP contribution in [-0.4, -0.2) is 50.8 Å². The summed E-state index contributed by atoms with van der Waals surface area (Å²) in [6.45, 7) is 7.88. The highest BCUT2D eigenvalue weighted by Crippen LogP contribution is 2.25. The van der Waals surface area contributed by atoms with E-state index in [4.69, 9.17) is 4.74 Å². The fourth-order valence-electron chi connectivity index (χ4n) is 3.89. The first-order chi connectivity index (χ1) is 9.79. The van der Waals surface area contributed by atoms with Crippen molar-refractivity contribution in [2.24, 2.45) is 11.8 Å². The van der Waals surface area contributed by atoms with Crippen molar-refractivity contribution < 1.29 is 4.74 Å². The average Bonchev–Trinajstić information content (AvgIpc) is 2.47. The van der Waals surface area contributed by atoms with Gasteiger partial charge in [-0.2, -0.15) is 0 Å². The van der Waals surface area contributed by atoms with E-state index in [0.29, 0.717) is 0 Å². The lowest BCUT2D eigenvalue weighted by Gasteiger charge is -2.36. The van der Waals surface area contributed by atoms with Gasteiger partial charge in [0.25, 0.3) is 0 Å². The second-order valence-corrected chi connectivity index (χ2v) is 6.91. The molecule has 0 amide bonds. The Morgan fingerprint density at radius 1 is 1.10 bits per heavy atom. The molecule has 0 aromatic rings. The van der Waals surface area contributed by atoms with Crippen LogP contribution < -0.4 is 5.32 Å². The smallest absolute Gasteiger partial charge is 0.0506 e. The minimum atomic E-state index is 0.758. The molecule has 3 unspecified atom stereocenters. The van der Waals surface area contributed by atoms with E-state index in [-0.39, 0.29) is 0 Å². The van der Waals surface area contributed by atoms with Gasteiger partial charge in [0.2, 0.25) is 0 Å². The van der Waals surface area contributed by atoms with Crippen molar-refractivity contribution in [3.05, 3.63) is 0 Å². The summed E-state index contributed by atoms with van der Waals surface area (Å²) in [7, 11) is 2.31. The van der Waals surface area contributed by atoms with Gasteiger partial charge in [-0.05, 0) is 57.5 Å². The first-order valence-corrected chi connectivity index (χ1v) is 8.79. The Morgan fingerprint density at radius 3 is 2.70 bits per heavy atom. The molecule has 1 saturated heterocycles. The highest BCUT2D eigenvalue weighted by atomic mass is 16.5. The number of hydrogen-bond acceptors (Lipinski definition) is 3. The monoisotopic (exact) mass is 282 g/mol. The predicted molar refractivity (Wildman–Crippen MR) is 85.1 cm³/mol. The van der Waals surface area contributed by atoms with E-state index in [2.05, 4.69) is 24.2 Å². The lowest BCUT2D eigenvalue weighted by molar-refractivity contribution is 0.0382. The number of ether oxygens (including phenoxy) is 1. The summed E-state index contributed by atoms with van der Waals surface area (Å²) in [5.41, 5.74) is 0. The SMILES string of the molecule is CCCNC1CCCCC1CN(C)CC1CCCOC1. The average molecular weight is 282 g/mol. The van der Waals surface area contributed by atoms with Crippen LogP contribution in [0.2, 0.25) is 0 Å². The second-order valence-electron chi connectivity index (χ2n) is 6.91. The maximum Gasteiger partial charge on any atom is 0.0506 e. The van der Waals surface area contributed by atoms with Crippen LogP contribution in [0.25, 0.3) is 0 Å². The molecular formula is C17H34N2O. The normalized spacial score (nSPS) is 31.6. The van der Waals surface area contributed by atoms with E-state index in [0.717, 1.165) is 31.1 Å². The number of nitrogens with one attached hydrogen (secondary N) is 1. The molecule has 1 aliphatic heterocycles. The van der Waals surface area contributed by atoms with Crippen molar-refractivity contribution in [2.75, 3.05) is 39.9 Å². The molecule has 0 bridgehead atoms. The van der Waals surface area contributed by atoms with Gasteiger partial charge in [0.15, 0.2) is 0 Å². The summed E-state index contributed by atoms with van der Waals surface area (Å²) in [6, 6.07) is 0.758. The van der Waals surface area contributed by atoms with E-state index in [1.54, 1.807) is 0 Å². The molecule has 2 fully saturated rings. The zero-order chi connectivity index (χ0) is 14.2. The van der Waals surface area contributed by atoms with Gasteiger partial charge in [0.1, 0.15) is 0 Å². The maximum atomic E-state index is 5.61. The van der Waals surface area contributed by atoms with Crippen LogP contribution in [0, 0.1) is 11.8 Å². The van der Waals surface area contributed by atoms with Gasteiger partial charge in [0, 0.05) is 25.7 Å². The number of rotatable bonds is 7. The quantitative estimate of drug-likeness (QED) is 0.777. The summed E-state index contributed by atoms with van der Waals surface area (Å²) in [5, 5.41) is 3.78. The number of hydrogen-bond donors (Lipinski definition) is 1. The predicted octanol–water partition coefficient (Wildman–Crippen LogP) is 2.90. The molecule has 3 atom stereocenters. The van der Waals surface area contributed by atoms with Crippen LogP contribution in [0.3, 0.4) is 0 Å². The molecule has 118 valence electrons. The molecule has 2 aliphatic rings. The van der Waals surface area contributed by atoms with Crippen LogP contribution in [-0.2, 0) is 4.74 Å². The third-order valence-electron chi connectivity index (χ3n) is 4.94. The van der Waals surface area contributed by atoms with E-state index in [9.17, 15) is 0 Å². The van der Waals surface area contributed by atoms with Crippen LogP contribution in [0.15, 0.2) is 0 Å². The molecule has 0 aromatic carbocycles. The highest BCUT2D eigenvalue weighted by molar-refractivity contribution is 4.83. The minimum absolute atomic E-state index is 0.758. The molecule has 20 heavy (non-hydrogen) atoms. The van der Waals surface area contributed by atoms with Crippen LogP contribution in [0.5, 0.6) is 0 Å². The van der Waals surface area contributed by atoms with Crippen molar-refractivity contribution in [3.63, 3.8) is 0 Å². The number of nitrogens with zero attached hydrogens (tertiary/aromatic N) is 1. The summed E-state index contributed by atoms with van der Waals surface area (Å²) in [4.78, 5) is 2.57. The summed E-state index contributed by atoms with van der Waals surface area (Å²) >= 11 is 0. The van der Waals surface area contributed by atoms with E-state index < -0.39 is 0 Å². The van der Waals surface area contributed by atoms with Gasteiger partial charge < -0.3 is 15.0 Å². The molecule has 1 saturated carbocycles. The van der Waals surface area contributed by atoms with Crippen LogP contribution >= 0.6 is 0 Å². The van der Waals surface area contributed by atoms with Crippen LogP contribution in [0.1, 0.15) is 51.9 Å². The van der Waals surface area contributed by atoms with E-state index >= 15 is 0 Å². The summed E-state index contributed by atoms with van der Waals surface area (Å²) in [6.07, 6.45) is 9.49. The molecular weight excluding hydrogens is 248 g/mol. The third-order valence-corrected chi connectivity index (χ3v) is 4.94. The molecule has 1 aliphatic carbocycles. The molecule has 0 aromatic heterocycles. The van der Waals surface area contributed by atoms with Gasteiger partial charge in [0.05, 0.1) is 6.61 Å². The first-order valence-electron chi connectivity index (χ1n) is 8.79. The molecule has 2 rings (SSSR count). The highest BCUT2D eigenvalue weighted by Gasteiger charge is 2.26. The fourth-order valence-corrected chi connectivity index (χ4v) is 3.89. The Bertz CT molecular complexity index is 253. The van der Waals surface area contributed by atoms with Crippen molar-refractivity contribution in [1.82, 2.24) is 10.2 Å². The van der Waals surface area contributed by atoms with Crippen molar-refractivity contribution in [1.29, 1.82) is 0 Å². The Labute approximate surface area is 125 Å². The van der Waals surface area contributed by atoms with Crippen molar-refractivity contribution >= 4 is 0 Å². The Balaban J connectivity index is 1.73. The van der Waals surface area contributed by atoms with Gasteiger partial charge in [-0.3, -0.25) is 0 Å². The first kappa shape index (κ1) is 16.3. The van der Waals surface area contributed by atoms with Gasteiger partial charge in [-0.15, -0.1) is 0 Å². The topological polar surface area (TPSA) is 24.5 Å². The molecule has 3 nitrogen and oxygen atoms in total. The zero-order valence-corrected chi connectivity index (χ0v) is 13.6. The molecule has 0 spiro atoms. The van der Waals surface area contributed by atoms with E-state index in [1.807, 2.05) is 0 Å². The Morgan fingerprint density at radius 2 is 1.95 bits per heavy atom. The Kier molecular flexibility index (Phi) is 7.32.